The summed E-state index contributed by atoms with van der Waals surface area (Å²) in [7, 11) is 0. The van der Waals surface area contributed by atoms with E-state index in [-0.39, 0.29) is 11.7 Å². The molecule has 1 amide bonds. The van der Waals surface area contributed by atoms with Gasteiger partial charge in [-0.05, 0) is 57.7 Å². The Morgan fingerprint density at radius 3 is 2.78 bits per heavy atom. The van der Waals surface area contributed by atoms with Crippen LogP contribution in [0.25, 0.3) is 0 Å². The zero-order valence-corrected chi connectivity index (χ0v) is 17.0. The fraction of sp³-hybridized carbons (Fsp3) is 0.600. The van der Waals surface area contributed by atoms with Gasteiger partial charge in [0.2, 0.25) is 0 Å². The number of carboxylic acid groups (broad SMARTS) is 1. The first-order valence-electron chi connectivity index (χ1n) is 9.46. The lowest BCUT2D eigenvalue weighted by Gasteiger charge is -2.44. The zero-order chi connectivity index (χ0) is 19.8. The standard InChI is InChI=1S/C20H28FN3O2S/c1-19(2,3)24(18(25)26)17-23-20(15-11-14(22)8-9-16(15)21)10-6-4-5-7-13(20)12-27-17/h8-9,11,13H,4-7,10,12,22H2,1-3H3,(H,25,26). The second kappa shape index (κ2) is 7.34. The number of benzene rings is 1. The predicted molar refractivity (Wildman–Crippen MR) is 109 cm³/mol. The monoisotopic (exact) mass is 393 g/mol. The highest BCUT2D eigenvalue weighted by molar-refractivity contribution is 8.13. The van der Waals surface area contributed by atoms with Gasteiger partial charge in [0.1, 0.15) is 5.82 Å². The molecule has 5 nitrogen and oxygen atoms in total. The van der Waals surface area contributed by atoms with Crippen molar-refractivity contribution in [2.45, 2.75) is 64.0 Å². The van der Waals surface area contributed by atoms with Crippen molar-refractivity contribution in [3.05, 3.63) is 29.6 Å². The molecule has 1 saturated carbocycles. The molecule has 1 aliphatic carbocycles. The number of amidine groups is 1. The van der Waals surface area contributed by atoms with Crippen molar-refractivity contribution in [1.29, 1.82) is 0 Å². The quantitative estimate of drug-likeness (QED) is 0.653. The normalized spacial score (nSPS) is 25.9. The SMILES string of the molecule is CC(C)(C)N(C(=O)O)C1=NC2(c3cc(N)ccc3F)CCCCCC2CS1. The number of anilines is 1. The summed E-state index contributed by atoms with van der Waals surface area (Å²) < 4.78 is 14.9. The van der Waals surface area contributed by atoms with Gasteiger partial charge in [-0.25, -0.2) is 9.18 Å². The van der Waals surface area contributed by atoms with Gasteiger partial charge in [0.05, 0.1) is 5.54 Å². The molecule has 1 heterocycles. The van der Waals surface area contributed by atoms with E-state index in [0.717, 1.165) is 31.4 Å². The molecule has 0 bridgehead atoms. The Kier molecular flexibility index (Phi) is 5.43. The number of amides is 1. The molecule has 1 fully saturated rings. The molecule has 7 heteroatoms. The summed E-state index contributed by atoms with van der Waals surface area (Å²) in [6.45, 7) is 5.53. The van der Waals surface area contributed by atoms with Crippen LogP contribution >= 0.6 is 11.8 Å². The van der Waals surface area contributed by atoms with E-state index in [9.17, 15) is 14.3 Å². The van der Waals surface area contributed by atoms with Crippen molar-refractivity contribution < 1.29 is 14.3 Å². The highest BCUT2D eigenvalue weighted by Crippen LogP contribution is 2.50. The van der Waals surface area contributed by atoms with Crippen LogP contribution in [-0.4, -0.2) is 32.6 Å². The smallest absolute Gasteiger partial charge is 0.413 e. The maximum Gasteiger partial charge on any atom is 0.413 e. The number of rotatable bonds is 1. The van der Waals surface area contributed by atoms with Gasteiger partial charge in [-0.3, -0.25) is 9.89 Å². The Balaban J connectivity index is 2.19. The highest BCUT2D eigenvalue weighted by atomic mass is 32.2. The van der Waals surface area contributed by atoms with Crippen molar-refractivity contribution >= 4 is 28.7 Å². The second-order valence-corrected chi connectivity index (χ2v) is 9.44. The van der Waals surface area contributed by atoms with Gasteiger partial charge in [0.25, 0.3) is 0 Å². The summed E-state index contributed by atoms with van der Waals surface area (Å²) in [5, 5.41) is 10.3. The summed E-state index contributed by atoms with van der Waals surface area (Å²) in [6.07, 6.45) is 3.74. The largest absolute Gasteiger partial charge is 0.465 e. The van der Waals surface area contributed by atoms with Crippen LogP contribution < -0.4 is 5.73 Å². The number of hydrogen-bond donors (Lipinski definition) is 2. The molecule has 0 aromatic heterocycles. The number of hydrogen-bond acceptors (Lipinski definition) is 4. The van der Waals surface area contributed by atoms with E-state index in [1.54, 1.807) is 12.1 Å². The summed E-state index contributed by atoms with van der Waals surface area (Å²) in [5.74, 6) is 0.580. The molecule has 148 valence electrons. The molecule has 0 radical (unpaired) electrons. The lowest BCUT2D eigenvalue weighted by Crippen LogP contribution is -2.51. The molecule has 27 heavy (non-hydrogen) atoms. The first-order chi connectivity index (χ1) is 12.6. The number of nitrogens with zero attached hydrogens (tertiary/aromatic N) is 2. The second-order valence-electron chi connectivity index (χ2n) is 8.45. The molecule has 2 unspecified atom stereocenters. The van der Waals surface area contributed by atoms with Gasteiger partial charge in [0.15, 0.2) is 5.17 Å². The average molecular weight is 394 g/mol. The number of nitrogen functional groups attached to an aromatic ring is 1. The summed E-state index contributed by atoms with van der Waals surface area (Å²) in [4.78, 5) is 18.3. The lowest BCUT2D eigenvalue weighted by atomic mass is 9.75. The van der Waals surface area contributed by atoms with Gasteiger partial charge in [-0.2, -0.15) is 0 Å². The first kappa shape index (κ1) is 20.0. The number of halogens is 1. The molecule has 2 atom stereocenters. The van der Waals surface area contributed by atoms with E-state index < -0.39 is 17.2 Å². The van der Waals surface area contributed by atoms with Crippen molar-refractivity contribution in [1.82, 2.24) is 4.90 Å². The van der Waals surface area contributed by atoms with Gasteiger partial charge in [-0.15, -0.1) is 0 Å². The molecular weight excluding hydrogens is 365 g/mol. The zero-order valence-electron chi connectivity index (χ0n) is 16.2. The van der Waals surface area contributed by atoms with E-state index in [2.05, 4.69) is 0 Å². The molecule has 3 rings (SSSR count). The van der Waals surface area contributed by atoms with Crippen LogP contribution in [0.1, 0.15) is 58.4 Å². The van der Waals surface area contributed by atoms with Crippen LogP contribution in [0.2, 0.25) is 0 Å². The number of carbonyl (C=O) groups is 1. The van der Waals surface area contributed by atoms with Crippen LogP contribution in [0.3, 0.4) is 0 Å². The Labute approximate surface area is 164 Å². The number of nitrogens with two attached hydrogens (primary N) is 1. The average Bonchev–Trinajstić information content (AvgIpc) is 2.78. The molecule has 1 aliphatic heterocycles. The van der Waals surface area contributed by atoms with Crippen molar-refractivity contribution in [3.8, 4) is 0 Å². The van der Waals surface area contributed by atoms with Crippen LogP contribution in [0.4, 0.5) is 14.9 Å². The van der Waals surface area contributed by atoms with E-state index >= 15 is 0 Å². The van der Waals surface area contributed by atoms with Crippen molar-refractivity contribution in [2.24, 2.45) is 10.9 Å². The molecule has 0 saturated heterocycles. The molecule has 3 N–H and O–H groups in total. The van der Waals surface area contributed by atoms with E-state index in [1.807, 2.05) is 20.8 Å². The third kappa shape index (κ3) is 3.79. The van der Waals surface area contributed by atoms with Gasteiger partial charge >= 0.3 is 6.09 Å². The molecule has 0 spiro atoms. The summed E-state index contributed by atoms with van der Waals surface area (Å²) >= 11 is 1.47. The number of thioether (sulfide) groups is 1. The van der Waals surface area contributed by atoms with Crippen LogP contribution in [0.5, 0.6) is 0 Å². The third-order valence-corrected chi connectivity index (χ3v) is 6.61. The summed E-state index contributed by atoms with van der Waals surface area (Å²) in [6, 6.07) is 4.64. The fourth-order valence-corrected chi connectivity index (χ4v) is 5.71. The fourth-order valence-electron chi connectivity index (χ4n) is 4.21. The van der Waals surface area contributed by atoms with E-state index in [0.29, 0.717) is 22.8 Å². The van der Waals surface area contributed by atoms with Crippen molar-refractivity contribution in [3.63, 3.8) is 0 Å². The van der Waals surface area contributed by atoms with Crippen LogP contribution in [0, 0.1) is 11.7 Å². The Morgan fingerprint density at radius 2 is 2.11 bits per heavy atom. The molecule has 1 aromatic rings. The van der Waals surface area contributed by atoms with Gasteiger partial charge < -0.3 is 10.8 Å². The minimum atomic E-state index is -1.04. The Morgan fingerprint density at radius 1 is 1.37 bits per heavy atom. The van der Waals surface area contributed by atoms with E-state index in [4.69, 9.17) is 10.7 Å². The maximum atomic E-state index is 14.9. The maximum absolute atomic E-state index is 14.9. The topological polar surface area (TPSA) is 78.9 Å². The molecule has 1 aromatic carbocycles. The Hall–Kier alpha value is -1.76. The van der Waals surface area contributed by atoms with Gasteiger partial charge in [-0.1, -0.05) is 31.0 Å². The van der Waals surface area contributed by atoms with Crippen LogP contribution in [-0.2, 0) is 5.54 Å². The van der Waals surface area contributed by atoms with Gasteiger partial charge in [0, 0.05) is 22.5 Å². The van der Waals surface area contributed by atoms with E-state index in [1.165, 1.54) is 22.7 Å². The minimum absolute atomic E-state index is 0.167. The lowest BCUT2D eigenvalue weighted by molar-refractivity contribution is 0.140. The summed E-state index contributed by atoms with van der Waals surface area (Å²) in [5.41, 5.74) is 5.60. The van der Waals surface area contributed by atoms with Crippen LogP contribution in [0.15, 0.2) is 23.2 Å². The number of fused-ring (bicyclic) bond motifs is 1. The Bertz CT molecular complexity index is 762. The van der Waals surface area contributed by atoms with Crippen molar-refractivity contribution in [2.75, 3.05) is 11.5 Å². The molecular formula is C20H28FN3O2S. The number of aliphatic imine (C=N–C) groups is 1. The first-order valence-corrected chi connectivity index (χ1v) is 10.4. The predicted octanol–water partition coefficient (Wildman–Crippen LogP) is 5.06. The molecule has 2 aliphatic rings. The highest BCUT2D eigenvalue weighted by Gasteiger charge is 2.47. The minimum Gasteiger partial charge on any atom is -0.465 e. The third-order valence-electron chi connectivity index (χ3n) is 5.50.